The molecule has 1 N–H and O–H groups in total. The van der Waals surface area contributed by atoms with Crippen LogP contribution in [0.1, 0.15) is 26.7 Å². The average Bonchev–Trinajstić information content (AvgIpc) is 2.10. The van der Waals surface area contributed by atoms with Crippen molar-refractivity contribution in [3.63, 3.8) is 0 Å². The fourth-order valence-corrected chi connectivity index (χ4v) is 1.45. The van der Waals surface area contributed by atoms with Crippen LogP contribution in [0.5, 0.6) is 0 Å². The third kappa shape index (κ3) is 4.80. The summed E-state index contributed by atoms with van der Waals surface area (Å²) in [6.07, 6.45) is -0.393. The van der Waals surface area contributed by atoms with Gasteiger partial charge in [-0.2, -0.15) is 17.9 Å². The Morgan fingerprint density at radius 2 is 1.87 bits per heavy atom. The number of rotatable bonds is 6. The van der Waals surface area contributed by atoms with E-state index in [0.29, 0.717) is 6.42 Å². The molecule has 0 amide bonds. The minimum absolute atomic E-state index is 0.134. The lowest BCUT2D eigenvalue weighted by atomic mass is 10.4. The number of sulfonamides is 1. The van der Waals surface area contributed by atoms with E-state index in [4.69, 9.17) is 4.74 Å². The molecule has 0 aromatic heterocycles. The molecule has 0 fully saturated rings. The molecule has 0 aliphatic rings. The van der Waals surface area contributed by atoms with Gasteiger partial charge < -0.3 is 4.74 Å². The standard InChI is InChI=1S/C7H14F3NO3S/c1-3-5-14-6(4-2)11-15(12,13)7(8,9)10/h6,11H,3-5H2,1-2H3. The van der Waals surface area contributed by atoms with Crippen molar-refractivity contribution >= 4 is 10.0 Å². The third-order valence-electron chi connectivity index (χ3n) is 1.49. The lowest BCUT2D eigenvalue weighted by Gasteiger charge is -2.18. The number of nitrogens with one attached hydrogen (secondary N) is 1. The molecule has 1 atom stereocenters. The molecule has 0 rings (SSSR count). The lowest BCUT2D eigenvalue weighted by Crippen LogP contribution is -2.43. The minimum Gasteiger partial charge on any atom is -0.362 e. The van der Waals surface area contributed by atoms with E-state index in [0.717, 1.165) is 0 Å². The van der Waals surface area contributed by atoms with Crippen molar-refractivity contribution in [3.05, 3.63) is 0 Å². The first-order valence-corrected chi connectivity index (χ1v) is 5.93. The molecular formula is C7H14F3NO3S. The molecule has 0 aliphatic heterocycles. The molecule has 4 nitrogen and oxygen atoms in total. The predicted molar refractivity (Wildman–Crippen MR) is 48.4 cm³/mol. The van der Waals surface area contributed by atoms with E-state index in [1.165, 1.54) is 11.6 Å². The Morgan fingerprint density at radius 1 is 1.33 bits per heavy atom. The second kappa shape index (κ2) is 5.66. The van der Waals surface area contributed by atoms with E-state index in [9.17, 15) is 21.6 Å². The summed E-state index contributed by atoms with van der Waals surface area (Å²) in [7, 11) is -5.31. The predicted octanol–water partition coefficient (Wildman–Crippen LogP) is 1.59. The summed E-state index contributed by atoms with van der Waals surface area (Å²) in [5.74, 6) is 0. The van der Waals surface area contributed by atoms with E-state index in [1.54, 1.807) is 6.92 Å². The molecule has 0 aliphatic carbocycles. The van der Waals surface area contributed by atoms with Gasteiger partial charge >= 0.3 is 15.5 Å². The molecule has 0 heterocycles. The number of hydrogen-bond acceptors (Lipinski definition) is 3. The Kier molecular flexibility index (Phi) is 5.54. The fourth-order valence-electron chi connectivity index (χ4n) is 0.735. The third-order valence-corrected chi connectivity index (χ3v) is 2.67. The molecule has 0 radical (unpaired) electrons. The Labute approximate surface area is 86.8 Å². The first-order valence-electron chi connectivity index (χ1n) is 4.44. The maximum absolute atomic E-state index is 11.9. The zero-order valence-electron chi connectivity index (χ0n) is 8.47. The van der Waals surface area contributed by atoms with Gasteiger partial charge in [0.2, 0.25) is 0 Å². The Bertz CT molecular complexity index is 276. The van der Waals surface area contributed by atoms with Crippen LogP contribution in [0, 0.1) is 0 Å². The molecule has 0 spiro atoms. The Balaban J connectivity index is 4.42. The van der Waals surface area contributed by atoms with Crippen molar-refractivity contribution in [3.8, 4) is 0 Å². The Morgan fingerprint density at radius 3 is 2.20 bits per heavy atom. The zero-order valence-corrected chi connectivity index (χ0v) is 9.28. The Hall–Kier alpha value is -0.340. The van der Waals surface area contributed by atoms with Crippen LogP contribution in [0.25, 0.3) is 0 Å². The van der Waals surface area contributed by atoms with Gasteiger partial charge in [0.25, 0.3) is 0 Å². The molecule has 92 valence electrons. The first kappa shape index (κ1) is 14.7. The van der Waals surface area contributed by atoms with Crippen LogP contribution in [-0.2, 0) is 14.8 Å². The van der Waals surface area contributed by atoms with Crippen molar-refractivity contribution in [1.29, 1.82) is 0 Å². The van der Waals surface area contributed by atoms with E-state index < -0.39 is 21.8 Å². The molecule has 0 aromatic rings. The van der Waals surface area contributed by atoms with Gasteiger partial charge in [0.1, 0.15) is 6.23 Å². The number of halogens is 3. The van der Waals surface area contributed by atoms with Crippen molar-refractivity contribution in [2.24, 2.45) is 0 Å². The zero-order chi connectivity index (χ0) is 12.1. The SMILES string of the molecule is CCCOC(CC)NS(=O)(=O)C(F)(F)F. The number of hydrogen-bond donors (Lipinski definition) is 1. The first-order chi connectivity index (χ1) is 6.74. The van der Waals surface area contributed by atoms with Gasteiger partial charge in [0.05, 0.1) is 0 Å². The summed E-state index contributed by atoms with van der Waals surface area (Å²) in [4.78, 5) is 0. The van der Waals surface area contributed by atoms with Crippen LogP contribution in [0.4, 0.5) is 13.2 Å². The van der Waals surface area contributed by atoms with E-state index in [1.807, 2.05) is 0 Å². The largest absolute Gasteiger partial charge is 0.511 e. The minimum atomic E-state index is -5.31. The second-order valence-electron chi connectivity index (χ2n) is 2.83. The normalized spacial score (nSPS) is 15.3. The number of alkyl halides is 3. The summed E-state index contributed by atoms with van der Waals surface area (Å²) in [5, 5.41) is 0. The van der Waals surface area contributed by atoms with Crippen molar-refractivity contribution in [2.75, 3.05) is 6.61 Å². The van der Waals surface area contributed by atoms with Gasteiger partial charge in [0, 0.05) is 6.61 Å². The molecule has 0 bridgehead atoms. The van der Waals surface area contributed by atoms with E-state index >= 15 is 0 Å². The second-order valence-corrected chi connectivity index (χ2v) is 4.54. The average molecular weight is 249 g/mol. The summed E-state index contributed by atoms with van der Waals surface area (Å²) in [6.45, 7) is 3.50. The van der Waals surface area contributed by atoms with Gasteiger partial charge in [-0.05, 0) is 12.8 Å². The van der Waals surface area contributed by atoms with Gasteiger partial charge in [-0.25, -0.2) is 8.42 Å². The maximum atomic E-state index is 11.9. The highest BCUT2D eigenvalue weighted by molar-refractivity contribution is 7.90. The fraction of sp³-hybridized carbons (Fsp3) is 1.00. The van der Waals surface area contributed by atoms with Crippen LogP contribution in [0.3, 0.4) is 0 Å². The van der Waals surface area contributed by atoms with Crippen molar-refractivity contribution in [1.82, 2.24) is 4.72 Å². The van der Waals surface area contributed by atoms with Gasteiger partial charge in [-0.3, -0.25) is 0 Å². The molecular weight excluding hydrogens is 235 g/mol. The van der Waals surface area contributed by atoms with E-state index in [-0.39, 0.29) is 13.0 Å². The molecule has 8 heteroatoms. The topological polar surface area (TPSA) is 55.4 Å². The summed E-state index contributed by atoms with van der Waals surface area (Å²) >= 11 is 0. The molecule has 15 heavy (non-hydrogen) atoms. The van der Waals surface area contributed by atoms with Crippen LogP contribution in [-0.4, -0.2) is 26.8 Å². The lowest BCUT2D eigenvalue weighted by molar-refractivity contribution is -0.0482. The van der Waals surface area contributed by atoms with E-state index in [2.05, 4.69) is 0 Å². The highest BCUT2D eigenvalue weighted by Crippen LogP contribution is 2.22. The maximum Gasteiger partial charge on any atom is 0.511 e. The highest BCUT2D eigenvalue weighted by atomic mass is 32.2. The van der Waals surface area contributed by atoms with Crippen molar-refractivity contribution < 1.29 is 26.3 Å². The molecule has 0 saturated heterocycles. The molecule has 0 saturated carbocycles. The smallest absolute Gasteiger partial charge is 0.362 e. The summed E-state index contributed by atoms with van der Waals surface area (Å²) in [5.41, 5.74) is -5.30. The van der Waals surface area contributed by atoms with Crippen molar-refractivity contribution in [2.45, 2.75) is 38.4 Å². The molecule has 1 unspecified atom stereocenters. The molecule has 0 aromatic carbocycles. The number of ether oxygens (including phenoxy) is 1. The van der Waals surface area contributed by atoms with Crippen LogP contribution in [0.15, 0.2) is 0 Å². The summed E-state index contributed by atoms with van der Waals surface area (Å²) < 4.78 is 63.5. The van der Waals surface area contributed by atoms with Gasteiger partial charge in [-0.1, -0.05) is 13.8 Å². The van der Waals surface area contributed by atoms with Crippen LogP contribution in [0.2, 0.25) is 0 Å². The monoisotopic (exact) mass is 249 g/mol. The van der Waals surface area contributed by atoms with Gasteiger partial charge in [0.15, 0.2) is 0 Å². The van der Waals surface area contributed by atoms with Crippen LogP contribution >= 0.6 is 0 Å². The quantitative estimate of drug-likeness (QED) is 0.727. The summed E-state index contributed by atoms with van der Waals surface area (Å²) in [6, 6.07) is 0. The van der Waals surface area contributed by atoms with Gasteiger partial charge in [-0.15, -0.1) is 0 Å². The highest BCUT2D eigenvalue weighted by Gasteiger charge is 2.46. The van der Waals surface area contributed by atoms with Crippen LogP contribution < -0.4 is 4.72 Å².